The van der Waals surface area contributed by atoms with Crippen LogP contribution in [-0.2, 0) is 11.3 Å². The summed E-state index contributed by atoms with van der Waals surface area (Å²) in [6.45, 7) is 11.0. The molecule has 0 fully saturated rings. The second-order valence-corrected chi connectivity index (χ2v) is 4.89. The van der Waals surface area contributed by atoms with Crippen molar-refractivity contribution in [1.29, 1.82) is 0 Å². The van der Waals surface area contributed by atoms with Gasteiger partial charge in [0.2, 0.25) is 0 Å². The summed E-state index contributed by atoms with van der Waals surface area (Å²) in [5, 5.41) is 4.16. The van der Waals surface area contributed by atoms with Crippen LogP contribution in [0.15, 0.2) is 24.3 Å². The Morgan fingerprint density at radius 3 is 2.42 bits per heavy atom. The molecule has 0 bridgehead atoms. The molecule has 0 radical (unpaired) electrons. The zero-order chi connectivity index (χ0) is 13.9. The highest BCUT2D eigenvalue weighted by atomic mass is 35.5. The summed E-state index contributed by atoms with van der Waals surface area (Å²) in [5.41, 5.74) is 1.16. The molecule has 0 saturated heterocycles. The number of hydrogen-bond acceptors (Lipinski definition) is 3. The normalized spacial score (nSPS) is 11.2. The predicted molar refractivity (Wildman–Crippen MR) is 81.8 cm³/mol. The number of nitrogens with one attached hydrogen (secondary N) is 1. The second kappa shape index (κ2) is 10.2. The quantitative estimate of drug-likeness (QED) is 0.669. The van der Waals surface area contributed by atoms with Gasteiger partial charge in [-0.2, -0.15) is 0 Å². The van der Waals surface area contributed by atoms with E-state index >= 15 is 0 Å². The fourth-order valence-electron chi connectivity index (χ4n) is 1.82. The first-order valence-corrected chi connectivity index (χ1v) is 7.39. The van der Waals surface area contributed by atoms with Crippen LogP contribution in [0.1, 0.15) is 19.4 Å². The van der Waals surface area contributed by atoms with E-state index in [1.165, 1.54) is 0 Å². The van der Waals surface area contributed by atoms with Crippen molar-refractivity contribution in [2.24, 2.45) is 0 Å². The molecule has 0 aromatic heterocycles. The van der Waals surface area contributed by atoms with Gasteiger partial charge in [0.15, 0.2) is 0 Å². The van der Waals surface area contributed by atoms with Crippen molar-refractivity contribution in [3.63, 3.8) is 0 Å². The Morgan fingerprint density at radius 2 is 1.79 bits per heavy atom. The van der Waals surface area contributed by atoms with Crippen molar-refractivity contribution in [2.45, 2.75) is 20.5 Å². The zero-order valence-electron chi connectivity index (χ0n) is 12.0. The minimum Gasteiger partial charge on any atom is -0.375 e. The van der Waals surface area contributed by atoms with Crippen LogP contribution in [0.5, 0.6) is 0 Å². The third-order valence-electron chi connectivity index (χ3n) is 3.10. The van der Waals surface area contributed by atoms with Crippen LogP contribution in [0, 0.1) is 0 Å². The molecule has 0 heterocycles. The Morgan fingerprint density at radius 1 is 1.11 bits per heavy atom. The molecule has 108 valence electrons. The maximum atomic E-state index is 5.82. The molecule has 0 amide bonds. The van der Waals surface area contributed by atoms with Gasteiger partial charge in [0.25, 0.3) is 0 Å². The van der Waals surface area contributed by atoms with Crippen LogP contribution >= 0.6 is 11.6 Å². The molecule has 0 atom stereocenters. The Kier molecular flexibility index (Phi) is 8.84. The summed E-state index contributed by atoms with van der Waals surface area (Å²) in [7, 11) is 0. The van der Waals surface area contributed by atoms with E-state index in [-0.39, 0.29) is 0 Å². The van der Waals surface area contributed by atoms with Gasteiger partial charge in [0.05, 0.1) is 13.2 Å². The molecule has 0 saturated carbocycles. The first-order valence-electron chi connectivity index (χ1n) is 7.01. The summed E-state index contributed by atoms with van der Waals surface area (Å²) in [6, 6.07) is 7.78. The molecule has 1 aromatic carbocycles. The molecule has 0 spiro atoms. The summed E-state index contributed by atoms with van der Waals surface area (Å²) < 4.78 is 5.60. The molecule has 0 aliphatic carbocycles. The van der Waals surface area contributed by atoms with Crippen molar-refractivity contribution in [3.8, 4) is 0 Å². The van der Waals surface area contributed by atoms with Crippen LogP contribution in [0.3, 0.4) is 0 Å². The predicted octanol–water partition coefficient (Wildman–Crippen LogP) is 2.79. The van der Waals surface area contributed by atoms with Gasteiger partial charge in [-0.1, -0.05) is 37.6 Å². The van der Waals surface area contributed by atoms with Crippen LogP contribution in [0.2, 0.25) is 5.02 Å². The van der Waals surface area contributed by atoms with E-state index in [1.807, 2.05) is 24.3 Å². The number of likely N-dealkylation sites (N-methyl/N-ethyl adjacent to an activating group) is 1. The van der Waals surface area contributed by atoms with E-state index in [2.05, 4.69) is 24.1 Å². The van der Waals surface area contributed by atoms with Crippen molar-refractivity contribution in [3.05, 3.63) is 34.9 Å². The molecular formula is C15H25ClN2O. The summed E-state index contributed by atoms with van der Waals surface area (Å²) in [5.74, 6) is 0. The first-order chi connectivity index (χ1) is 9.26. The van der Waals surface area contributed by atoms with Gasteiger partial charge in [-0.25, -0.2) is 0 Å². The lowest BCUT2D eigenvalue weighted by molar-refractivity contribution is 0.122. The maximum Gasteiger partial charge on any atom is 0.0717 e. The smallest absolute Gasteiger partial charge is 0.0717 e. The van der Waals surface area contributed by atoms with Crippen molar-refractivity contribution in [2.75, 3.05) is 39.3 Å². The molecule has 1 aromatic rings. The monoisotopic (exact) mass is 284 g/mol. The SMILES string of the molecule is CCN(CC)CCNCCOCc1ccc(Cl)cc1. The summed E-state index contributed by atoms with van der Waals surface area (Å²) in [6.07, 6.45) is 0. The molecule has 4 heteroatoms. The second-order valence-electron chi connectivity index (χ2n) is 4.46. The number of ether oxygens (including phenoxy) is 1. The van der Waals surface area contributed by atoms with Gasteiger partial charge in [0, 0.05) is 24.7 Å². The average molecular weight is 285 g/mol. The van der Waals surface area contributed by atoms with E-state index in [0.29, 0.717) is 6.61 Å². The molecule has 0 aliphatic rings. The Hall–Kier alpha value is -0.610. The maximum absolute atomic E-state index is 5.82. The van der Waals surface area contributed by atoms with Crippen LogP contribution in [0.25, 0.3) is 0 Å². The highest BCUT2D eigenvalue weighted by Crippen LogP contribution is 2.09. The van der Waals surface area contributed by atoms with Crippen molar-refractivity contribution < 1.29 is 4.74 Å². The zero-order valence-corrected chi connectivity index (χ0v) is 12.7. The lowest BCUT2D eigenvalue weighted by atomic mass is 10.2. The Bertz CT molecular complexity index is 325. The fourth-order valence-corrected chi connectivity index (χ4v) is 1.94. The van der Waals surface area contributed by atoms with Gasteiger partial charge in [-0.15, -0.1) is 0 Å². The first kappa shape index (κ1) is 16.4. The van der Waals surface area contributed by atoms with Gasteiger partial charge < -0.3 is 15.0 Å². The van der Waals surface area contributed by atoms with Crippen LogP contribution < -0.4 is 5.32 Å². The number of benzene rings is 1. The van der Waals surface area contributed by atoms with Crippen LogP contribution in [-0.4, -0.2) is 44.2 Å². The summed E-state index contributed by atoms with van der Waals surface area (Å²) >= 11 is 5.82. The minimum atomic E-state index is 0.648. The summed E-state index contributed by atoms with van der Waals surface area (Å²) in [4.78, 5) is 2.40. The molecule has 1 N–H and O–H groups in total. The highest BCUT2D eigenvalue weighted by molar-refractivity contribution is 6.30. The number of rotatable bonds is 10. The minimum absolute atomic E-state index is 0.648. The number of halogens is 1. The molecule has 19 heavy (non-hydrogen) atoms. The van der Waals surface area contributed by atoms with Crippen molar-refractivity contribution >= 4 is 11.6 Å². The Balaban J connectivity index is 1.98. The number of nitrogens with zero attached hydrogens (tertiary/aromatic N) is 1. The molecule has 1 rings (SSSR count). The fraction of sp³-hybridized carbons (Fsp3) is 0.600. The van der Waals surface area contributed by atoms with E-state index in [1.54, 1.807) is 0 Å². The van der Waals surface area contributed by atoms with Crippen molar-refractivity contribution in [1.82, 2.24) is 10.2 Å². The third kappa shape index (κ3) is 7.53. The molecule has 0 unspecified atom stereocenters. The lowest BCUT2D eigenvalue weighted by Gasteiger charge is -2.17. The van der Waals surface area contributed by atoms with Gasteiger partial charge in [-0.3, -0.25) is 0 Å². The number of hydrogen-bond donors (Lipinski definition) is 1. The molecule has 3 nitrogen and oxygen atoms in total. The lowest BCUT2D eigenvalue weighted by Crippen LogP contribution is -2.33. The molecule has 0 aliphatic heterocycles. The van der Waals surface area contributed by atoms with Crippen LogP contribution in [0.4, 0.5) is 0 Å². The Labute approximate surface area is 121 Å². The average Bonchev–Trinajstić information content (AvgIpc) is 2.44. The largest absolute Gasteiger partial charge is 0.375 e. The van der Waals surface area contributed by atoms with Gasteiger partial charge in [-0.05, 0) is 30.8 Å². The van der Waals surface area contributed by atoms with E-state index < -0.39 is 0 Å². The molecular weight excluding hydrogens is 260 g/mol. The highest BCUT2D eigenvalue weighted by Gasteiger charge is 1.97. The van der Waals surface area contributed by atoms with E-state index in [4.69, 9.17) is 16.3 Å². The van der Waals surface area contributed by atoms with Gasteiger partial charge in [0.1, 0.15) is 0 Å². The third-order valence-corrected chi connectivity index (χ3v) is 3.36. The standard InChI is InChI=1S/C15H25ClN2O/c1-3-18(4-2)11-9-17-10-12-19-13-14-5-7-15(16)8-6-14/h5-8,17H,3-4,9-13H2,1-2H3. The topological polar surface area (TPSA) is 24.5 Å². The van der Waals surface area contributed by atoms with E-state index in [0.717, 1.165) is 49.9 Å². The van der Waals surface area contributed by atoms with Gasteiger partial charge >= 0.3 is 0 Å². The van der Waals surface area contributed by atoms with E-state index in [9.17, 15) is 0 Å².